The van der Waals surface area contributed by atoms with E-state index in [9.17, 15) is 9.59 Å². The molecule has 0 saturated carbocycles. The van der Waals surface area contributed by atoms with Crippen LogP contribution in [0.25, 0.3) is 0 Å². The Morgan fingerprint density at radius 1 is 0.966 bits per heavy atom. The molecule has 0 spiro atoms. The fraction of sp³-hybridized carbons (Fsp3) is 0.318. The molecule has 1 fully saturated rings. The normalized spacial score (nSPS) is 13.8. The van der Waals surface area contributed by atoms with Crippen molar-refractivity contribution in [3.05, 3.63) is 59.2 Å². The molecule has 1 heterocycles. The highest BCUT2D eigenvalue weighted by molar-refractivity contribution is 7.80. The van der Waals surface area contributed by atoms with E-state index in [1.807, 2.05) is 61.2 Å². The summed E-state index contributed by atoms with van der Waals surface area (Å²) in [6.45, 7) is 8.63. The molecule has 0 aromatic heterocycles. The van der Waals surface area contributed by atoms with Crippen molar-refractivity contribution in [3.8, 4) is 0 Å². The molecule has 0 bridgehead atoms. The van der Waals surface area contributed by atoms with E-state index in [0.29, 0.717) is 5.56 Å². The monoisotopic (exact) mass is 410 g/mol. The predicted octanol–water partition coefficient (Wildman–Crippen LogP) is 3.10. The fourth-order valence-corrected chi connectivity index (χ4v) is 3.65. The molecule has 7 heteroatoms. The van der Waals surface area contributed by atoms with Crippen LogP contribution < -0.4 is 15.5 Å². The zero-order valence-corrected chi connectivity index (χ0v) is 17.8. The molecule has 29 heavy (non-hydrogen) atoms. The Labute approximate surface area is 176 Å². The first-order valence-corrected chi connectivity index (χ1v) is 10.0. The van der Waals surface area contributed by atoms with Gasteiger partial charge in [0.05, 0.1) is 0 Å². The van der Waals surface area contributed by atoms with Crippen LogP contribution in [-0.4, -0.2) is 48.0 Å². The van der Waals surface area contributed by atoms with Gasteiger partial charge in [0.1, 0.15) is 0 Å². The van der Waals surface area contributed by atoms with Crippen LogP contribution in [0.3, 0.4) is 0 Å². The molecular formula is C22H26N4O2S. The number of carbonyl (C=O) groups is 2. The van der Waals surface area contributed by atoms with Gasteiger partial charge in [-0.05, 0) is 62.0 Å². The first-order valence-electron chi connectivity index (χ1n) is 9.63. The number of amides is 2. The maximum absolute atomic E-state index is 12.4. The maximum atomic E-state index is 12.4. The minimum absolute atomic E-state index is 0.126. The lowest BCUT2D eigenvalue weighted by Gasteiger charge is -2.35. The van der Waals surface area contributed by atoms with Crippen molar-refractivity contribution in [1.82, 2.24) is 10.2 Å². The van der Waals surface area contributed by atoms with Gasteiger partial charge in [-0.1, -0.05) is 17.7 Å². The largest absolute Gasteiger partial charge is 0.368 e. The second-order valence-electron chi connectivity index (χ2n) is 7.27. The molecule has 0 radical (unpaired) electrons. The first-order chi connectivity index (χ1) is 13.8. The minimum atomic E-state index is -0.222. The lowest BCUT2D eigenvalue weighted by Crippen LogP contribution is -2.48. The number of hydrogen-bond donors (Lipinski definition) is 2. The highest BCUT2D eigenvalue weighted by atomic mass is 32.1. The zero-order valence-electron chi connectivity index (χ0n) is 17.0. The third-order valence-corrected chi connectivity index (χ3v) is 5.27. The second-order valence-corrected chi connectivity index (χ2v) is 7.67. The summed E-state index contributed by atoms with van der Waals surface area (Å²) < 4.78 is 0. The van der Waals surface area contributed by atoms with Gasteiger partial charge in [0.2, 0.25) is 5.91 Å². The van der Waals surface area contributed by atoms with Crippen LogP contribution in [0.1, 0.15) is 28.4 Å². The van der Waals surface area contributed by atoms with Crippen molar-refractivity contribution in [3.63, 3.8) is 0 Å². The van der Waals surface area contributed by atoms with Crippen molar-refractivity contribution < 1.29 is 9.59 Å². The van der Waals surface area contributed by atoms with Gasteiger partial charge in [-0.15, -0.1) is 0 Å². The number of piperazine rings is 1. The van der Waals surface area contributed by atoms with E-state index in [2.05, 4.69) is 15.5 Å². The van der Waals surface area contributed by atoms with Crippen molar-refractivity contribution in [2.24, 2.45) is 0 Å². The van der Waals surface area contributed by atoms with Gasteiger partial charge >= 0.3 is 0 Å². The summed E-state index contributed by atoms with van der Waals surface area (Å²) in [4.78, 5) is 28.0. The highest BCUT2D eigenvalue weighted by Crippen LogP contribution is 2.19. The molecule has 1 aliphatic rings. The number of rotatable bonds is 3. The SMILES string of the molecule is CC(=O)N1CCN(c2ccc(NC(=S)NC(=O)c3ccc(C)cc3C)cc2)CC1. The van der Waals surface area contributed by atoms with E-state index in [4.69, 9.17) is 12.2 Å². The lowest BCUT2D eigenvalue weighted by atomic mass is 10.1. The van der Waals surface area contributed by atoms with Gasteiger partial charge in [-0.3, -0.25) is 14.9 Å². The number of nitrogens with zero attached hydrogens (tertiary/aromatic N) is 2. The molecule has 1 aliphatic heterocycles. The van der Waals surface area contributed by atoms with E-state index in [1.54, 1.807) is 6.92 Å². The summed E-state index contributed by atoms with van der Waals surface area (Å²) in [5, 5.41) is 6.05. The average molecular weight is 411 g/mol. The fourth-order valence-electron chi connectivity index (χ4n) is 3.44. The third kappa shape index (κ3) is 5.32. The highest BCUT2D eigenvalue weighted by Gasteiger charge is 2.18. The van der Waals surface area contributed by atoms with Crippen molar-refractivity contribution >= 4 is 40.5 Å². The molecule has 0 unspecified atom stereocenters. The maximum Gasteiger partial charge on any atom is 0.257 e. The van der Waals surface area contributed by atoms with Gasteiger partial charge in [0.25, 0.3) is 5.91 Å². The summed E-state index contributed by atoms with van der Waals surface area (Å²) in [6, 6.07) is 13.6. The molecule has 1 saturated heterocycles. The Morgan fingerprint density at radius 3 is 2.21 bits per heavy atom. The van der Waals surface area contributed by atoms with E-state index in [0.717, 1.165) is 48.7 Å². The van der Waals surface area contributed by atoms with Crippen LogP contribution in [0.2, 0.25) is 0 Å². The molecule has 2 aromatic rings. The molecule has 2 aromatic carbocycles. The number of carbonyl (C=O) groups excluding carboxylic acids is 2. The van der Waals surface area contributed by atoms with Crippen molar-refractivity contribution in [2.75, 3.05) is 36.4 Å². The van der Waals surface area contributed by atoms with Gasteiger partial charge < -0.3 is 15.1 Å². The molecule has 0 aliphatic carbocycles. The van der Waals surface area contributed by atoms with E-state index in [-0.39, 0.29) is 16.9 Å². The Bertz CT molecular complexity index is 919. The molecule has 6 nitrogen and oxygen atoms in total. The van der Waals surface area contributed by atoms with E-state index < -0.39 is 0 Å². The van der Waals surface area contributed by atoms with Crippen LogP contribution in [0.15, 0.2) is 42.5 Å². The van der Waals surface area contributed by atoms with Crippen LogP contribution in [0.4, 0.5) is 11.4 Å². The van der Waals surface area contributed by atoms with E-state index >= 15 is 0 Å². The lowest BCUT2D eigenvalue weighted by molar-refractivity contribution is -0.129. The quantitative estimate of drug-likeness (QED) is 0.762. The Balaban J connectivity index is 1.55. The van der Waals surface area contributed by atoms with Gasteiger partial charge in [0.15, 0.2) is 5.11 Å². The Hall–Kier alpha value is -2.93. The number of thiocarbonyl (C=S) groups is 1. The van der Waals surface area contributed by atoms with Gasteiger partial charge in [-0.25, -0.2) is 0 Å². The third-order valence-electron chi connectivity index (χ3n) is 5.07. The molecule has 152 valence electrons. The smallest absolute Gasteiger partial charge is 0.257 e. The Kier molecular flexibility index (Phi) is 6.49. The van der Waals surface area contributed by atoms with Crippen molar-refractivity contribution in [2.45, 2.75) is 20.8 Å². The Morgan fingerprint density at radius 2 is 1.62 bits per heavy atom. The summed E-state index contributed by atoms with van der Waals surface area (Å²) >= 11 is 5.29. The average Bonchev–Trinajstić information content (AvgIpc) is 2.68. The summed E-state index contributed by atoms with van der Waals surface area (Å²) in [5.74, 6) is -0.0967. The number of aryl methyl sites for hydroxylation is 2. The van der Waals surface area contributed by atoms with Gasteiger partial charge in [0, 0.05) is 50.0 Å². The van der Waals surface area contributed by atoms with Gasteiger partial charge in [-0.2, -0.15) is 0 Å². The predicted molar refractivity (Wildman–Crippen MR) is 121 cm³/mol. The first kappa shape index (κ1) is 20.8. The number of anilines is 2. The number of benzene rings is 2. The molecular weight excluding hydrogens is 384 g/mol. The number of nitrogens with one attached hydrogen (secondary N) is 2. The molecule has 3 rings (SSSR count). The van der Waals surface area contributed by atoms with Crippen LogP contribution in [0.5, 0.6) is 0 Å². The van der Waals surface area contributed by atoms with Crippen LogP contribution >= 0.6 is 12.2 Å². The van der Waals surface area contributed by atoms with E-state index in [1.165, 1.54) is 0 Å². The summed E-state index contributed by atoms with van der Waals surface area (Å²) in [7, 11) is 0. The molecule has 2 N–H and O–H groups in total. The molecule has 2 amide bonds. The minimum Gasteiger partial charge on any atom is -0.368 e. The topological polar surface area (TPSA) is 64.7 Å². The summed E-state index contributed by atoms with van der Waals surface area (Å²) in [5.41, 5.74) is 4.55. The molecule has 0 atom stereocenters. The second kappa shape index (κ2) is 9.05. The van der Waals surface area contributed by atoms with Crippen LogP contribution in [0, 0.1) is 13.8 Å². The van der Waals surface area contributed by atoms with Crippen LogP contribution in [-0.2, 0) is 4.79 Å². The summed E-state index contributed by atoms with van der Waals surface area (Å²) in [6.07, 6.45) is 0. The van der Waals surface area contributed by atoms with Crippen molar-refractivity contribution in [1.29, 1.82) is 0 Å². The number of hydrogen-bond acceptors (Lipinski definition) is 4. The standard InChI is InChI=1S/C22H26N4O2S/c1-15-4-9-20(16(2)14-15)21(28)24-22(29)23-18-5-7-19(8-6-18)26-12-10-25(11-13-26)17(3)27/h4-9,14H,10-13H2,1-3H3,(H2,23,24,28,29). The zero-order chi connectivity index (χ0) is 21.0.